The maximum atomic E-state index is 12.1. The number of halogens is 1. The smallest absolute Gasteiger partial charge is 0.319 e. The molecule has 1 aromatic heterocycles. The molecule has 2 N–H and O–H groups in total. The number of urea groups is 1. The number of carbonyl (C=O) groups is 1. The summed E-state index contributed by atoms with van der Waals surface area (Å²) < 4.78 is 10.8. The van der Waals surface area contributed by atoms with Crippen LogP contribution in [0.3, 0.4) is 0 Å². The third-order valence-electron chi connectivity index (χ3n) is 3.91. The Morgan fingerprint density at radius 3 is 2.54 bits per heavy atom. The van der Waals surface area contributed by atoms with E-state index in [0.29, 0.717) is 29.6 Å². The summed E-state index contributed by atoms with van der Waals surface area (Å²) in [5, 5.41) is 5.91. The number of carbonyl (C=O) groups excluding carboxylic acids is 1. The van der Waals surface area contributed by atoms with E-state index in [1.165, 1.54) is 0 Å². The van der Waals surface area contributed by atoms with Crippen molar-refractivity contribution < 1.29 is 14.3 Å². The van der Waals surface area contributed by atoms with Gasteiger partial charge < -0.3 is 20.1 Å². The summed E-state index contributed by atoms with van der Waals surface area (Å²) in [4.78, 5) is 16.3. The number of aromatic nitrogens is 1. The largest absolute Gasteiger partial charge is 0.497 e. The van der Waals surface area contributed by atoms with Crippen LogP contribution in [0.5, 0.6) is 11.5 Å². The molecular formula is C21H20ClN3O3. The van der Waals surface area contributed by atoms with Gasteiger partial charge in [0.05, 0.1) is 23.5 Å². The minimum Gasteiger partial charge on any atom is -0.497 e. The second-order valence-corrected chi connectivity index (χ2v) is 6.31. The number of rotatable bonds is 7. The van der Waals surface area contributed by atoms with E-state index in [2.05, 4.69) is 15.6 Å². The summed E-state index contributed by atoms with van der Waals surface area (Å²) in [5.74, 6) is 1.37. The van der Waals surface area contributed by atoms with Crippen molar-refractivity contribution in [3.63, 3.8) is 0 Å². The maximum Gasteiger partial charge on any atom is 0.319 e. The van der Waals surface area contributed by atoms with Crippen molar-refractivity contribution in [2.75, 3.05) is 12.4 Å². The molecule has 2 aromatic carbocycles. The molecule has 0 radical (unpaired) electrons. The molecule has 0 aliphatic rings. The first-order chi connectivity index (χ1) is 13.6. The SMILES string of the molecule is COc1ccc(NC(=O)NCc2ccc(OCc3ccccn3)cc2)c(Cl)c1. The van der Waals surface area contributed by atoms with Crippen LogP contribution in [-0.4, -0.2) is 18.1 Å². The topological polar surface area (TPSA) is 72.5 Å². The van der Waals surface area contributed by atoms with Crippen molar-refractivity contribution in [1.29, 1.82) is 0 Å². The molecule has 144 valence electrons. The number of anilines is 1. The van der Waals surface area contributed by atoms with Gasteiger partial charge in [-0.3, -0.25) is 4.98 Å². The van der Waals surface area contributed by atoms with Crippen LogP contribution in [0.4, 0.5) is 10.5 Å². The van der Waals surface area contributed by atoms with Crippen molar-refractivity contribution in [3.05, 3.63) is 83.1 Å². The van der Waals surface area contributed by atoms with Crippen LogP contribution < -0.4 is 20.1 Å². The third kappa shape index (κ3) is 5.62. The molecule has 0 aliphatic carbocycles. The van der Waals surface area contributed by atoms with Gasteiger partial charge >= 0.3 is 6.03 Å². The van der Waals surface area contributed by atoms with E-state index in [0.717, 1.165) is 17.0 Å². The fourth-order valence-corrected chi connectivity index (χ4v) is 2.64. The van der Waals surface area contributed by atoms with E-state index in [-0.39, 0.29) is 6.03 Å². The van der Waals surface area contributed by atoms with Crippen molar-refractivity contribution >= 4 is 23.3 Å². The molecule has 0 aliphatic heterocycles. The van der Waals surface area contributed by atoms with Gasteiger partial charge in [-0.2, -0.15) is 0 Å². The zero-order valence-electron chi connectivity index (χ0n) is 15.3. The number of nitrogens with one attached hydrogen (secondary N) is 2. The van der Waals surface area contributed by atoms with Crippen LogP contribution in [0.15, 0.2) is 66.9 Å². The number of pyridine rings is 1. The summed E-state index contributed by atoms with van der Waals surface area (Å²) in [5.41, 5.74) is 2.32. The number of benzene rings is 2. The quantitative estimate of drug-likeness (QED) is 0.609. The maximum absolute atomic E-state index is 12.1. The molecule has 7 heteroatoms. The minimum absolute atomic E-state index is 0.345. The summed E-state index contributed by atoms with van der Waals surface area (Å²) in [7, 11) is 1.56. The predicted octanol–water partition coefficient (Wildman–Crippen LogP) is 4.64. The first-order valence-corrected chi connectivity index (χ1v) is 9.02. The number of amides is 2. The molecular weight excluding hydrogens is 378 g/mol. The van der Waals surface area contributed by atoms with Crippen molar-refractivity contribution in [2.45, 2.75) is 13.2 Å². The zero-order valence-corrected chi connectivity index (χ0v) is 16.1. The second-order valence-electron chi connectivity index (χ2n) is 5.91. The number of nitrogens with zero attached hydrogens (tertiary/aromatic N) is 1. The molecule has 0 saturated heterocycles. The lowest BCUT2D eigenvalue weighted by Crippen LogP contribution is -2.28. The average molecular weight is 398 g/mol. The van der Waals surface area contributed by atoms with Crippen LogP contribution in [0.1, 0.15) is 11.3 Å². The van der Waals surface area contributed by atoms with E-state index in [1.807, 2.05) is 42.5 Å². The normalized spacial score (nSPS) is 10.2. The number of ether oxygens (including phenoxy) is 2. The Bertz CT molecular complexity index is 918. The Morgan fingerprint density at radius 2 is 1.86 bits per heavy atom. The van der Waals surface area contributed by atoms with Crippen LogP contribution in [0.2, 0.25) is 5.02 Å². The lowest BCUT2D eigenvalue weighted by molar-refractivity contribution is 0.251. The Hall–Kier alpha value is -3.25. The monoisotopic (exact) mass is 397 g/mol. The fourth-order valence-electron chi connectivity index (χ4n) is 2.42. The van der Waals surface area contributed by atoms with Gasteiger partial charge in [-0.05, 0) is 42.0 Å². The van der Waals surface area contributed by atoms with Gasteiger partial charge in [0.2, 0.25) is 0 Å². The van der Waals surface area contributed by atoms with Gasteiger partial charge in [0.15, 0.2) is 0 Å². The van der Waals surface area contributed by atoms with Crippen LogP contribution in [-0.2, 0) is 13.2 Å². The number of hydrogen-bond donors (Lipinski definition) is 2. The van der Waals surface area contributed by atoms with Gasteiger partial charge in [0.1, 0.15) is 18.1 Å². The molecule has 2 amide bonds. The Balaban J connectivity index is 1.47. The molecule has 0 atom stereocenters. The molecule has 0 unspecified atom stereocenters. The summed E-state index contributed by atoms with van der Waals surface area (Å²) in [6.07, 6.45) is 1.73. The fraction of sp³-hybridized carbons (Fsp3) is 0.143. The first kappa shape index (κ1) is 19.5. The zero-order chi connectivity index (χ0) is 19.8. The van der Waals surface area contributed by atoms with Gasteiger partial charge in [-0.25, -0.2) is 4.79 Å². The lowest BCUT2D eigenvalue weighted by atomic mass is 10.2. The Labute approximate surface area is 168 Å². The molecule has 1 heterocycles. The van der Waals surface area contributed by atoms with E-state index in [1.54, 1.807) is 31.5 Å². The highest BCUT2D eigenvalue weighted by Gasteiger charge is 2.07. The molecule has 28 heavy (non-hydrogen) atoms. The summed E-state index contributed by atoms with van der Waals surface area (Å²) >= 11 is 6.12. The van der Waals surface area contributed by atoms with Crippen molar-refractivity contribution in [3.8, 4) is 11.5 Å². The average Bonchev–Trinajstić information content (AvgIpc) is 2.73. The van der Waals surface area contributed by atoms with Gasteiger partial charge in [-0.15, -0.1) is 0 Å². The molecule has 3 aromatic rings. The Kier molecular flexibility index (Phi) is 6.70. The molecule has 0 saturated carbocycles. The van der Waals surface area contributed by atoms with E-state index < -0.39 is 0 Å². The summed E-state index contributed by atoms with van der Waals surface area (Å²) in [6, 6.07) is 17.9. The molecule has 0 fully saturated rings. The molecule has 0 bridgehead atoms. The van der Waals surface area contributed by atoms with Crippen LogP contribution in [0, 0.1) is 0 Å². The van der Waals surface area contributed by atoms with Gasteiger partial charge in [0.25, 0.3) is 0 Å². The Morgan fingerprint density at radius 1 is 1.07 bits per heavy atom. The highest BCUT2D eigenvalue weighted by Crippen LogP contribution is 2.26. The van der Waals surface area contributed by atoms with Crippen molar-refractivity contribution in [1.82, 2.24) is 10.3 Å². The van der Waals surface area contributed by atoms with Gasteiger partial charge in [-0.1, -0.05) is 29.8 Å². The van der Waals surface area contributed by atoms with Crippen LogP contribution >= 0.6 is 11.6 Å². The van der Waals surface area contributed by atoms with E-state index in [4.69, 9.17) is 21.1 Å². The van der Waals surface area contributed by atoms with E-state index in [9.17, 15) is 4.79 Å². The van der Waals surface area contributed by atoms with Crippen molar-refractivity contribution in [2.24, 2.45) is 0 Å². The number of methoxy groups -OCH3 is 1. The standard InChI is InChI=1S/C21H20ClN3O3/c1-27-18-9-10-20(19(22)12-18)25-21(26)24-13-15-5-7-17(8-6-15)28-14-16-4-2-3-11-23-16/h2-12H,13-14H2,1H3,(H2,24,25,26). The number of hydrogen-bond acceptors (Lipinski definition) is 4. The molecule has 6 nitrogen and oxygen atoms in total. The highest BCUT2D eigenvalue weighted by molar-refractivity contribution is 6.33. The third-order valence-corrected chi connectivity index (χ3v) is 4.23. The predicted molar refractivity (Wildman–Crippen MR) is 109 cm³/mol. The summed E-state index contributed by atoms with van der Waals surface area (Å²) in [6.45, 7) is 0.781. The van der Waals surface area contributed by atoms with E-state index >= 15 is 0 Å². The second kappa shape index (κ2) is 9.62. The molecule has 3 rings (SSSR count). The van der Waals surface area contributed by atoms with Crippen LogP contribution in [0.25, 0.3) is 0 Å². The lowest BCUT2D eigenvalue weighted by Gasteiger charge is -2.11. The molecule has 0 spiro atoms. The minimum atomic E-state index is -0.345. The first-order valence-electron chi connectivity index (χ1n) is 8.64. The highest BCUT2D eigenvalue weighted by atomic mass is 35.5. The van der Waals surface area contributed by atoms with Gasteiger partial charge in [0, 0.05) is 18.8 Å².